The standard InChI is InChI=1S/C14H24S.C4H8O.C4H4S/c1-2-3-4-5-6-7-8-9-11-14-12-10-13-15-14;2*1-2-4-5-3-1/h10,12-13H,2-9,11H2,1H3;1-4H2;1-4H. The van der Waals surface area contributed by atoms with E-state index in [2.05, 4.69) is 24.4 Å². The largest absolute Gasteiger partial charge is 0.381 e. The van der Waals surface area contributed by atoms with E-state index in [9.17, 15) is 0 Å². The first kappa shape index (κ1) is 22.4. The van der Waals surface area contributed by atoms with Crippen molar-refractivity contribution in [2.45, 2.75) is 77.6 Å². The lowest BCUT2D eigenvalue weighted by Gasteiger charge is -2.00. The number of ether oxygens (including phenoxy) is 1. The number of hydrogen-bond donors (Lipinski definition) is 0. The zero-order valence-electron chi connectivity index (χ0n) is 16.0. The molecule has 1 fully saturated rings. The summed E-state index contributed by atoms with van der Waals surface area (Å²) in [6.07, 6.45) is 15.2. The summed E-state index contributed by atoms with van der Waals surface area (Å²) in [5, 5.41) is 6.26. The predicted octanol–water partition coefficient (Wildman–Crippen LogP) is 7.98. The lowest BCUT2D eigenvalue weighted by Crippen LogP contribution is -1.83. The first-order valence-electron chi connectivity index (χ1n) is 10.0. The van der Waals surface area contributed by atoms with Gasteiger partial charge < -0.3 is 4.74 Å². The number of unbranched alkanes of at least 4 members (excludes halogenated alkanes) is 7. The second-order valence-electron chi connectivity index (χ2n) is 6.42. The molecule has 1 nitrogen and oxygen atoms in total. The summed E-state index contributed by atoms with van der Waals surface area (Å²) in [6, 6.07) is 8.45. The highest BCUT2D eigenvalue weighted by molar-refractivity contribution is 7.09. The fourth-order valence-corrected chi connectivity index (χ4v) is 3.83. The van der Waals surface area contributed by atoms with Gasteiger partial charge in [-0.15, -0.1) is 11.3 Å². The minimum Gasteiger partial charge on any atom is -0.381 e. The Hall–Kier alpha value is -0.640. The molecule has 0 bridgehead atoms. The molecule has 0 atom stereocenters. The average Bonchev–Trinajstić information content (AvgIpc) is 3.41. The van der Waals surface area contributed by atoms with Crippen LogP contribution in [-0.2, 0) is 11.2 Å². The summed E-state index contributed by atoms with van der Waals surface area (Å²) >= 11 is 3.61. The Morgan fingerprint density at radius 1 is 0.800 bits per heavy atom. The van der Waals surface area contributed by atoms with Crippen LogP contribution in [0.2, 0.25) is 0 Å². The molecule has 142 valence electrons. The molecule has 0 radical (unpaired) electrons. The number of rotatable bonds is 9. The maximum atomic E-state index is 4.94. The van der Waals surface area contributed by atoms with Crippen molar-refractivity contribution in [1.82, 2.24) is 0 Å². The molecule has 2 aromatic heterocycles. The molecular formula is C22H36OS2. The molecule has 0 N–H and O–H groups in total. The van der Waals surface area contributed by atoms with Crippen LogP contribution in [-0.4, -0.2) is 13.2 Å². The van der Waals surface area contributed by atoms with Gasteiger partial charge in [0.05, 0.1) is 0 Å². The van der Waals surface area contributed by atoms with Gasteiger partial charge in [0, 0.05) is 18.1 Å². The molecule has 0 spiro atoms. The number of aryl methyl sites for hydroxylation is 1. The topological polar surface area (TPSA) is 9.23 Å². The maximum absolute atomic E-state index is 4.94. The van der Waals surface area contributed by atoms with Gasteiger partial charge in [0.25, 0.3) is 0 Å². The van der Waals surface area contributed by atoms with E-state index in [1.165, 1.54) is 70.6 Å². The van der Waals surface area contributed by atoms with Crippen LogP contribution >= 0.6 is 22.7 Å². The summed E-state index contributed by atoms with van der Waals surface area (Å²) in [6.45, 7) is 4.28. The summed E-state index contributed by atoms with van der Waals surface area (Å²) in [4.78, 5) is 1.56. The van der Waals surface area contributed by atoms with Crippen molar-refractivity contribution < 1.29 is 4.74 Å². The van der Waals surface area contributed by atoms with Gasteiger partial charge in [-0.25, -0.2) is 0 Å². The van der Waals surface area contributed by atoms with Gasteiger partial charge >= 0.3 is 0 Å². The van der Waals surface area contributed by atoms with Gasteiger partial charge in [-0.3, -0.25) is 0 Å². The molecule has 3 rings (SSSR count). The predicted molar refractivity (Wildman–Crippen MR) is 115 cm³/mol. The zero-order valence-corrected chi connectivity index (χ0v) is 17.6. The van der Waals surface area contributed by atoms with E-state index in [-0.39, 0.29) is 0 Å². The van der Waals surface area contributed by atoms with E-state index >= 15 is 0 Å². The Morgan fingerprint density at radius 2 is 1.44 bits per heavy atom. The van der Waals surface area contributed by atoms with E-state index < -0.39 is 0 Å². The Bertz CT molecular complexity index is 408. The summed E-state index contributed by atoms with van der Waals surface area (Å²) in [5.41, 5.74) is 0. The highest BCUT2D eigenvalue weighted by Gasteiger charge is 1.95. The SMILES string of the molecule is C1CCOC1.CCCCCCCCCCc1cccs1.c1ccsc1. The highest BCUT2D eigenvalue weighted by Crippen LogP contribution is 2.14. The van der Waals surface area contributed by atoms with Crippen LogP contribution in [0.1, 0.15) is 76.0 Å². The van der Waals surface area contributed by atoms with Crippen LogP contribution in [0.4, 0.5) is 0 Å². The first-order valence-corrected chi connectivity index (χ1v) is 11.8. The Balaban J connectivity index is 0.000000250. The van der Waals surface area contributed by atoms with Crippen molar-refractivity contribution in [1.29, 1.82) is 0 Å². The van der Waals surface area contributed by atoms with Gasteiger partial charge in [-0.1, -0.05) is 70.1 Å². The van der Waals surface area contributed by atoms with E-state index in [0.29, 0.717) is 0 Å². The lowest BCUT2D eigenvalue weighted by molar-refractivity contribution is 0.198. The molecule has 3 heterocycles. The molecule has 3 heteroatoms. The van der Waals surface area contributed by atoms with E-state index in [4.69, 9.17) is 4.74 Å². The average molecular weight is 381 g/mol. The van der Waals surface area contributed by atoms with Crippen molar-refractivity contribution in [3.8, 4) is 0 Å². The van der Waals surface area contributed by atoms with Crippen LogP contribution in [0.25, 0.3) is 0 Å². The molecule has 1 saturated heterocycles. The second-order valence-corrected chi connectivity index (χ2v) is 8.27. The molecular weight excluding hydrogens is 344 g/mol. The van der Waals surface area contributed by atoms with Crippen LogP contribution in [0.15, 0.2) is 40.4 Å². The minimum atomic E-state index is 1.00. The fraction of sp³-hybridized carbons (Fsp3) is 0.636. The fourth-order valence-electron chi connectivity index (χ4n) is 2.63. The summed E-state index contributed by atoms with van der Waals surface area (Å²) in [5.74, 6) is 0. The number of thiophene rings is 2. The maximum Gasteiger partial charge on any atom is 0.0466 e. The smallest absolute Gasteiger partial charge is 0.0466 e. The van der Waals surface area contributed by atoms with Crippen molar-refractivity contribution in [2.24, 2.45) is 0 Å². The number of hydrogen-bond acceptors (Lipinski definition) is 3. The molecule has 25 heavy (non-hydrogen) atoms. The molecule has 0 amide bonds. The van der Waals surface area contributed by atoms with Gasteiger partial charge in [0.15, 0.2) is 0 Å². The summed E-state index contributed by atoms with van der Waals surface area (Å²) < 4.78 is 4.94. The third kappa shape index (κ3) is 15.3. The molecule has 0 aliphatic carbocycles. The first-order chi connectivity index (χ1) is 12.4. The zero-order chi connectivity index (χ0) is 17.8. The molecule has 1 aliphatic heterocycles. The Kier molecular flexibility index (Phi) is 16.3. The normalized spacial score (nSPS) is 12.8. The molecule has 0 aromatic carbocycles. The van der Waals surface area contributed by atoms with Gasteiger partial charge in [-0.05, 0) is 47.9 Å². The quantitative estimate of drug-likeness (QED) is 0.401. The molecule has 1 aliphatic rings. The van der Waals surface area contributed by atoms with Crippen LogP contribution in [0, 0.1) is 0 Å². The van der Waals surface area contributed by atoms with Crippen molar-refractivity contribution in [3.05, 3.63) is 45.3 Å². The van der Waals surface area contributed by atoms with Gasteiger partial charge in [0.1, 0.15) is 0 Å². The third-order valence-electron chi connectivity index (χ3n) is 4.11. The van der Waals surface area contributed by atoms with Gasteiger partial charge in [-0.2, -0.15) is 11.3 Å². The van der Waals surface area contributed by atoms with E-state index in [1.54, 1.807) is 16.2 Å². The minimum absolute atomic E-state index is 1.00. The van der Waals surface area contributed by atoms with E-state index in [1.807, 2.05) is 34.2 Å². The van der Waals surface area contributed by atoms with E-state index in [0.717, 1.165) is 13.2 Å². The Labute approximate surface area is 163 Å². The molecule has 2 aromatic rings. The highest BCUT2D eigenvalue weighted by atomic mass is 32.1. The van der Waals surface area contributed by atoms with Crippen molar-refractivity contribution in [3.63, 3.8) is 0 Å². The monoisotopic (exact) mass is 380 g/mol. The lowest BCUT2D eigenvalue weighted by atomic mass is 10.1. The van der Waals surface area contributed by atoms with Crippen molar-refractivity contribution in [2.75, 3.05) is 13.2 Å². The van der Waals surface area contributed by atoms with Gasteiger partial charge in [0.2, 0.25) is 0 Å². The van der Waals surface area contributed by atoms with Crippen molar-refractivity contribution >= 4 is 22.7 Å². The second kappa shape index (κ2) is 18.2. The van der Waals surface area contributed by atoms with Crippen LogP contribution in [0.3, 0.4) is 0 Å². The molecule has 0 unspecified atom stereocenters. The molecule has 0 saturated carbocycles. The van der Waals surface area contributed by atoms with Crippen LogP contribution < -0.4 is 0 Å². The Morgan fingerprint density at radius 3 is 1.88 bits per heavy atom. The van der Waals surface area contributed by atoms with Crippen LogP contribution in [0.5, 0.6) is 0 Å². The summed E-state index contributed by atoms with van der Waals surface area (Å²) in [7, 11) is 0. The third-order valence-corrected chi connectivity index (χ3v) is 5.67.